The Bertz CT molecular complexity index is 481. The highest BCUT2D eigenvalue weighted by Gasteiger charge is 2.29. The Balaban J connectivity index is 2.82. The van der Waals surface area contributed by atoms with Gasteiger partial charge in [0.05, 0.1) is 5.92 Å². The van der Waals surface area contributed by atoms with Crippen LogP contribution in [-0.4, -0.2) is 28.4 Å². The first kappa shape index (κ1) is 17.2. The van der Waals surface area contributed by atoms with E-state index in [1.165, 1.54) is 5.56 Å². The molecule has 0 aromatic heterocycles. The van der Waals surface area contributed by atoms with Crippen molar-refractivity contribution in [1.82, 2.24) is 4.90 Å². The lowest BCUT2D eigenvalue weighted by Crippen LogP contribution is -2.39. The molecule has 2 atom stereocenters. The van der Waals surface area contributed by atoms with Crippen LogP contribution in [0.5, 0.6) is 0 Å². The van der Waals surface area contributed by atoms with Gasteiger partial charge in [-0.15, -0.1) is 0 Å². The van der Waals surface area contributed by atoms with E-state index < -0.39 is 17.8 Å². The van der Waals surface area contributed by atoms with Gasteiger partial charge in [-0.1, -0.05) is 50.6 Å². The molecule has 0 fully saturated rings. The maximum absolute atomic E-state index is 12.5. The van der Waals surface area contributed by atoms with Gasteiger partial charge in [0.25, 0.3) is 0 Å². The molecule has 4 nitrogen and oxygen atoms in total. The van der Waals surface area contributed by atoms with Crippen LogP contribution in [0.1, 0.15) is 38.3 Å². The summed E-state index contributed by atoms with van der Waals surface area (Å²) >= 11 is 0. The SMILES string of the molecule is CCCN(Cc1ccc(C)cc1)C(=O)C(C)C(C)C(=O)O. The Labute approximate surface area is 126 Å². The van der Waals surface area contributed by atoms with Crippen LogP contribution < -0.4 is 0 Å². The molecule has 116 valence electrons. The number of amides is 1. The summed E-state index contributed by atoms with van der Waals surface area (Å²) in [5.41, 5.74) is 2.25. The minimum atomic E-state index is -0.928. The molecule has 0 radical (unpaired) electrons. The second-order valence-corrected chi connectivity index (χ2v) is 5.66. The second-order valence-electron chi connectivity index (χ2n) is 5.66. The van der Waals surface area contributed by atoms with Gasteiger partial charge in [0.1, 0.15) is 0 Å². The van der Waals surface area contributed by atoms with Crippen LogP contribution in [0.3, 0.4) is 0 Å². The number of rotatable bonds is 7. The molecule has 0 heterocycles. The number of benzene rings is 1. The van der Waals surface area contributed by atoms with E-state index in [1.807, 2.05) is 38.1 Å². The number of aryl methyl sites for hydroxylation is 1. The van der Waals surface area contributed by atoms with Crippen molar-refractivity contribution >= 4 is 11.9 Å². The maximum atomic E-state index is 12.5. The Hall–Kier alpha value is -1.84. The third-order valence-electron chi connectivity index (χ3n) is 3.83. The number of aliphatic carboxylic acids is 1. The standard InChI is InChI=1S/C17H25NO3/c1-5-10-18(11-15-8-6-12(2)7-9-15)16(19)13(3)14(4)17(20)21/h6-9,13-14H,5,10-11H2,1-4H3,(H,20,21). The largest absolute Gasteiger partial charge is 0.481 e. The zero-order valence-corrected chi connectivity index (χ0v) is 13.3. The highest BCUT2D eigenvalue weighted by Crippen LogP contribution is 2.17. The highest BCUT2D eigenvalue weighted by molar-refractivity contribution is 5.84. The zero-order valence-electron chi connectivity index (χ0n) is 13.3. The molecule has 0 aliphatic carbocycles. The Morgan fingerprint density at radius 2 is 1.71 bits per heavy atom. The van der Waals surface area contributed by atoms with Crippen LogP contribution >= 0.6 is 0 Å². The first-order valence-electron chi connectivity index (χ1n) is 7.44. The van der Waals surface area contributed by atoms with Crippen molar-refractivity contribution in [3.05, 3.63) is 35.4 Å². The van der Waals surface area contributed by atoms with Crippen LogP contribution in [0.25, 0.3) is 0 Å². The first-order valence-corrected chi connectivity index (χ1v) is 7.44. The van der Waals surface area contributed by atoms with Gasteiger partial charge < -0.3 is 10.0 Å². The summed E-state index contributed by atoms with van der Waals surface area (Å²) in [4.78, 5) is 25.3. The number of hydrogen-bond donors (Lipinski definition) is 1. The summed E-state index contributed by atoms with van der Waals surface area (Å²) in [5, 5.41) is 9.06. The van der Waals surface area contributed by atoms with Crippen molar-refractivity contribution in [3.8, 4) is 0 Å². The predicted octanol–water partition coefficient (Wildman–Crippen LogP) is 3.09. The molecular weight excluding hydrogens is 266 g/mol. The number of carbonyl (C=O) groups is 2. The van der Waals surface area contributed by atoms with Crippen molar-refractivity contribution in [2.75, 3.05) is 6.54 Å². The molecule has 2 unspecified atom stereocenters. The lowest BCUT2D eigenvalue weighted by Gasteiger charge is -2.27. The Morgan fingerprint density at radius 1 is 1.14 bits per heavy atom. The molecule has 0 bridgehead atoms. The van der Waals surface area contributed by atoms with E-state index in [9.17, 15) is 9.59 Å². The van der Waals surface area contributed by atoms with Gasteiger partial charge in [-0.2, -0.15) is 0 Å². The Kier molecular flexibility index (Phi) is 6.40. The number of hydrogen-bond acceptors (Lipinski definition) is 2. The summed E-state index contributed by atoms with van der Waals surface area (Å²) in [6.45, 7) is 8.49. The summed E-state index contributed by atoms with van der Waals surface area (Å²) in [6.07, 6.45) is 0.853. The van der Waals surface area contributed by atoms with E-state index in [4.69, 9.17) is 5.11 Å². The summed E-state index contributed by atoms with van der Waals surface area (Å²) in [6, 6.07) is 8.06. The fraction of sp³-hybridized carbons (Fsp3) is 0.529. The smallest absolute Gasteiger partial charge is 0.307 e. The minimum absolute atomic E-state index is 0.0904. The topological polar surface area (TPSA) is 57.6 Å². The normalized spacial score (nSPS) is 13.5. The molecular formula is C17H25NO3. The molecule has 1 amide bonds. The highest BCUT2D eigenvalue weighted by atomic mass is 16.4. The molecule has 1 rings (SSSR count). The number of nitrogens with zero attached hydrogens (tertiary/aromatic N) is 1. The van der Waals surface area contributed by atoms with E-state index in [2.05, 4.69) is 0 Å². The maximum Gasteiger partial charge on any atom is 0.307 e. The lowest BCUT2D eigenvalue weighted by atomic mass is 9.94. The van der Waals surface area contributed by atoms with E-state index in [-0.39, 0.29) is 5.91 Å². The van der Waals surface area contributed by atoms with Crippen LogP contribution in [0, 0.1) is 18.8 Å². The summed E-state index contributed by atoms with van der Waals surface area (Å²) < 4.78 is 0. The zero-order chi connectivity index (χ0) is 16.0. The third kappa shape index (κ3) is 4.88. The fourth-order valence-electron chi connectivity index (χ4n) is 2.17. The molecule has 0 aliphatic rings. The molecule has 0 aliphatic heterocycles. The minimum Gasteiger partial charge on any atom is -0.481 e. The van der Waals surface area contributed by atoms with Gasteiger partial charge in [0, 0.05) is 19.0 Å². The molecule has 1 aromatic carbocycles. The molecule has 0 saturated heterocycles. The van der Waals surface area contributed by atoms with Crippen LogP contribution in [0.2, 0.25) is 0 Å². The van der Waals surface area contributed by atoms with E-state index >= 15 is 0 Å². The second kappa shape index (κ2) is 7.81. The van der Waals surface area contributed by atoms with Crippen molar-refractivity contribution in [2.45, 2.75) is 40.7 Å². The summed E-state index contributed by atoms with van der Waals surface area (Å²) in [5.74, 6) is -2.20. The van der Waals surface area contributed by atoms with Gasteiger partial charge in [0.2, 0.25) is 5.91 Å². The predicted molar refractivity (Wildman–Crippen MR) is 82.9 cm³/mol. The Morgan fingerprint density at radius 3 is 2.19 bits per heavy atom. The van der Waals surface area contributed by atoms with Gasteiger partial charge in [-0.25, -0.2) is 0 Å². The molecule has 1 aromatic rings. The molecule has 0 saturated carbocycles. The third-order valence-corrected chi connectivity index (χ3v) is 3.83. The average Bonchev–Trinajstić information content (AvgIpc) is 2.46. The number of carboxylic acid groups (broad SMARTS) is 1. The monoisotopic (exact) mass is 291 g/mol. The van der Waals surface area contributed by atoms with Gasteiger partial charge >= 0.3 is 5.97 Å². The van der Waals surface area contributed by atoms with E-state index in [0.29, 0.717) is 13.1 Å². The number of carbonyl (C=O) groups excluding carboxylic acids is 1. The van der Waals surface area contributed by atoms with Gasteiger partial charge in [-0.05, 0) is 18.9 Å². The molecule has 4 heteroatoms. The van der Waals surface area contributed by atoms with Crippen molar-refractivity contribution in [2.24, 2.45) is 11.8 Å². The first-order chi connectivity index (χ1) is 9.86. The van der Waals surface area contributed by atoms with E-state index in [1.54, 1.807) is 18.7 Å². The number of carboxylic acids is 1. The van der Waals surface area contributed by atoms with Gasteiger partial charge in [-0.3, -0.25) is 9.59 Å². The van der Waals surface area contributed by atoms with Crippen LogP contribution in [0.15, 0.2) is 24.3 Å². The molecule has 1 N–H and O–H groups in total. The lowest BCUT2D eigenvalue weighted by molar-refractivity contribution is -0.149. The molecule has 21 heavy (non-hydrogen) atoms. The fourth-order valence-corrected chi connectivity index (χ4v) is 2.17. The van der Waals surface area contributed by atoms with Crippen LogP contribution in [-0.2, 0) is 16.1 Å². The summed E-state index contributed by atoms with van der Waals surface area (Å²) in [7, 11) is 0. The van der Waals surface area contributed by atoms with Gasteiger partial charge in [0.15, 0.2) is 0 Å². The van der Waals surface area contributed by atoms with E-state index in [0.717, 1.165) is 12.0 Å². The quantitative estimate of drug-likeness (QED) is 0.840. The van der Waals surface area contributed by atoms with Crippen molar-refractivity contribution < 1.29 is 14.7 Å². The van der Waals surface area contributed by atoms with Crippen molar-refractivity contribution in [3.63, 3.8) is 0 Å². The van der Waals surface area contributed by atoms with Crippen molar-refractivity contribution in [1.29, 1.82) is 0 Å². The molecule has 0 spiro atoms. The average molecular weight is 291 g/mol. The van der Waals surface area contributed by atoms with Crippen LogP contribution in [0.4, 0.5) is 0 Å².